The number of hydrogen-bond donors (Lipinski definition) is 0. The molecule has 0 bridgehead atoms. The van der Waals surface area contributed by atoms with Crippen molar-refractivity contribution in [2.24, 2.45) is 0 Å². The molecule has 0 atom stereocenters. The number of esters is 1. The van der Waals surface area contributed by atoms with Gasteiger partial charge in [0.25, 0.3) is 23.6 Å². The predicted octanol–water partition coefficient (Wildman–Crippen LogP) is 0.892. The van der Waals surface area contributed by atoms with Gasteiger partial charge in [0.2, 0.25) is 0 Å². The Hall–Kier alpha value is -4.07. The van der Waals surface area contributed by atoms with E-state index in [2.05, 4.69) is 0 Å². The Bertz CT molecular complexity index is 920. The van der Waals surface area contributed by atoms with Crippen LogP contribution < -0.4 is 0 Å². The highest BCUT2D eigenvalue weighted by Gasteiger charge is 2.34. The van der Waals surface area contributed by atoms with Crippen molar-refractivity contribution in [2.75, 3.05) is 0 Å². The van der Waals surface area contributed by atoms with E-state index in [9.17, 15) is 24.0 Å². The zero-order valence-corrected chi connectivity index (χ0v) is 13.8. The molecular weight excluding hydrogens is 352 g/mol. The van der Waals surface area contributed by atoms with Gasteiger partial charge >= 0.3 is 5.97 Å². The molecule has 2 aliphatic heterocycles. The molecule has 1 aromatic carbocycles. The molecule has 0 saturated heterocycles. The molecule has 8 nitrogen and oxygen atoms in total. The van der Waals surface area contributed by atoms with Crippen molar-refractivity contribution >= 4 is 35.7 Å². The van der Waals surface area contributed by atoms with Crippen LogP contribution in [0.15, 0.2) is 72.8 Å². The maximum absolute atomic E-state index is 12.4. The molecule has 4 amide bonds. The molecule has 0 saturated carbocycles. The van der Waals surface area contributed by atoms with Crippen molar-refractivity contribution < 1.29 is 28.7 Å². The molecule has 8 heteroatoms. The Morgan fingerprint density at radius 3 is 1.96 bits per heavy atom. The maximum Gasteiger partial charge on any atom is 0.361 e. The third kappa shape index (κ3) is 3.79. The number of ether oxygens (including phenoxy) is 1. The highest BCUT2D eigenvalue weighted by molar-refractivity contribution is 6.18. The molecule has 0 aromatic heterocycles. The van der Waals surface area contributed by atoms with Crippen LogP contribution in [0.4, 0.5) is 0 Å². The lowest BCUT2D eigenvalue weighted by molar-refractivity contribution is -0.144. The summed E-state index contributed by atoms with van der Waals surface area (Å²) in [6.45, 7) is 0. The van der Waals surface area contributed by atoms with Gasteiger partial charge in [-0.15, -0.1) is 0 Å². The van der Waals surface area contributed by atoms with Crippen molar-refractivity contribution in [1.29, 1.82) is 0 Å². The molecule has 3 rings (SSSR count). The van der Waals surface area contributed by atoms with Gasteiger partial charge in [0.1, 0.15) is 0 Å². The molecule has 0 aliphatic carbocycles. The molecule has 0 spiro atoms. The summed E-state index contributed by atoms with van der Waals surface area (Å²) in [6.07, 6.45) is 7.33. The van der Waals surface area contributed by atoms with Crippen molar-refractivity contribution in [3.8, 4) is 0 Å². The average Bonchev–Trinajstić information content (AvgIpc) is 3.15. The molecular formula is C19H12N2O6. The summed E-state index contributed by atoms with van der Waals surface area (Å²) >= 11 is 0. The minimum Gasteiger partial charge on any atom is -0.430 e. The van der Waals surface area contributed by atoms with E-state index in [-0.39, 0.29) is 0 Å². The van der Waals surface area contributed by atoms with Gasteiger partial charge < -0.3 is 4.74 Å². The van der Waals surface area contributed by atoms with E-state index >= 15 is 0 Å². The van der Waals surface area contributed by atoms with E-state index in [1.54, 1.807) is 24.3 Å². The van der Waals surface area contributed by atoms with Crippen LogP contribution in [0.25, 0.3) is 6.08 Å². The van der Waals surface area contributed by atoms with Gasteiger partial charge in [-0.05, 0) is 11.6 Å². The number of imide groups is 2. The fourth-order valence-corrected chi connectivity index (χ4v) is 2.30. The van der Waals surface area contributed by atoms with E-state index in [1.165, 1.54) is 6.08 Å². The van der Waals surface area contributed by atoms with Gasteiger partial charge in [-0.2, -0.15) is 0 Å². The zero-order chi connectivity index (χ0) is 19.4. The van der Waals surface area contributed by atoms with Gasteiger partial charge in [-0.3, -0.25) is 19.2 Å². The fourth-order valence-electron chi connectivity index (χ4n) is 2.30. The second-order valence-corrected chi connectivity index (χ2v) is 5.36. The first-order valence-electron chi connectivity index (χ1n) is 7.73. The summed E-state index contributed by atoms with van der Waals surface area (Å²) in [7, 11) is 0. The van der Waals surface area contributed by atoms with E-state index in [0.29, 0.717) is 9.80 Å². The average molecular weight is 364 g/mol. The SMILES string of the molecule is O=C(OC=Cc1ccccc1)C(=CN1C(=O)C=CC1=O)N1C(=O)C=CC1=O. The van der Waals surface area contributed by atoms with Crippen LogP contribution in [0, 0.1) is 0 Å². The molecule has 27 heavy (non-hydrogen) atoms. The second-order valence-electron chi connectivity index (χ2n) is 5.36. The minimum atomic E-state index is -1.08. The van der Waals surface area contributed by atoms with Crippen molar-refractivity contribution in [3.05, 3.63) is 78.4 Å². The Morgan fingerprint density at radius 1 is 0.815 bits per heavy atom. The monoisotopic (exact) mass is 364 g/mol. The third-order valence-electron chi connectivity index (χ3n) is 3.59. The molecule has 134 valence electrons. The standard InChI is InChI=1S/C19H12N2O6/c22-15-6-7-16(23)20(15)12-14(21-17(24)8-9-18(21)25)19(26)27-11-10-13-4-2-1-3-5-13/h1-12H. The molecule has 0 radical (unpaired) electrons. The topological polar surface area (TPSA) is 101 Å². The number of carbonyl (C=O) groups is 5. The summed E-state index contributed by atoms with van der Waals surface area (Å²) in [4.78, 5) is 60.8. The molecule has 0 N–H and O–H groups in total. The lowest BCUT2D eigenvalue weighted by Crippen LogP contribution is -2.36. The quantitative estimate of drug-likeness (QED) is 0.333. The summed E-state index contributed by atoms with van der Waals surface area (Å²) in [5.74, 6) is -4.08. The lowest BCUT2D eigenvalue weighted by atomic mass is 10.2. The Morgan fingerprint density at radius 2 is 1.37 bits per heavy atom. The molecule has 2 heterocycles. The van der Waals surface area contributed by atoms with Crippen LogP contribution in [0.5, 0.6) is 0 Å². The number of nitrogens with zero attached hydrogens (tertiary/aromatic N) is 2. The van der Waals surface area contributed by atoms with Crippen LogP contribution in [-0.4, -0.2) is 39.4 Å². The zero-order valence-electron chi connectivity index (χ0n) is 13.8. The first-order chi connectivity index (χ1) is 13.0. The third-order valence-corrected chi connectivity index (χ3v) is 3.59. The number of hydrogen-bond acceptors (Lipinski definition) is 6. The van der Waals surface area contributed by atoms with E-state index in [1.807, 2.05) is 6.07 Å². The maximum atomic E-state index is 12.4. The first kappa shape index (κ1) is 17.7. The number of carbonyl (C=O) groups excluding carboxylic acids is 5. The predicted molar refractivity (Wildman–Crippen MR) is 91.6 cm³/mol. The highest BCUT2D eigenvalue weighted by Crippen LogP contribution is 2.17. The van der Waals surface area contributed by atoms with Crippen molar-refractivity contribution in [1.82, 2.24) is 9.80 Å². The normalized spacial score (nSPS) is 17.0. The lowest BCUT2D eigenvalue weighted by Gasteiger charge is -2.18. The van der Waals surface area contributed by atoms with Crippen LogP contribution in [0.3, 0.4) is 0 Å². The molecule has 1 aromatic rings. The minimum absolute atomic E-state index is 0.525. The van der Waals surface area contributed by atoms with Gasteiger partial charge in [0.15, 0.2) is 5.70 Å². The van der Waals surface area contributed by atoms with Gasteiger partial charge in [0.05, 0.1) is 6.26 Å². The van der Waals surface area contributed by atoms with Crippen LogP contribution in [-0.2, 0) is 28.7 Å². The smallest absolute Gasteiger partial charge is 0.361 e. The molecule has 2 aliphatic rings. The number of benzene rings is 1. The number of amides is 4. The summed E-state index contributed by atoms with van der Waals surface area (Å²) < 4.78 is 4.97. The van der Waals surface area contributed by atoms with Crippen LogP contribution in [0.2, 0.25) is 0 Å². The summed E-state index contributed by atoms with van der Waals surface area (Å²) in [6, 6.07) is 8.94. The Kier molecular flexibility index (Phi) is 4.89. The van der Waals surface area contributed by atoms with Crippen LogP contribution in [0.1, 0.15) is 5.56 Å². The van der Waals surface area contributed by atoms with E-state index in [0.717, 1.165) is 42.3 Å². The summed E-state index contributed by atoms with van der Waals surface area (Å²) in [5.41, 5.74) is 0.193. The van der Waals surface area contributed by atoms with E-state index < -0.39 is 35.3 Å². The summed E-state index contributed by atoms with van der Waals surface area (Å²) in [5, 5.41) is 0. The second kappa shape index (κ2) is 7.44. The van der Waals surface area contributed by atoms with Crippen molar-refractivity contribution in [3.63, 3.8) is 0 Å². The van der Waals surface area contributed by atoms with Crippen molar-refractivity contribution in [2.45, 2.75) is 0 Å². The van der Waals surface area contributed by atoms with Crippen LogP contribution >= 0.6 is 0 Å². The molecule has 0 unspecified atom stereocenters. The van der Waals surface area contributed by atoms with Gasteiger partial charge in [0, 0.05) is 30.5 Å². The first-order valence-corrected chi connectivity index (χ1v) is 7.73. The fraction of sp³-hybridized carbons (Fsp3) is 0. The van der Waals surface area contributed by atoms with Gasteiger partial charge in [-0.1, -0.05) is 30.3 Å². The Labute approximate surface area is 153 Å². The highest BCUT2D eigenvalue weighted by atomic mass is 16.5. The Balaban J connectivity index is 1.85. The number of rotatable bonds is 5. The largest absolute Gasteiger partial charge is 0.430 e. The van der Waals surface area contributed by atoms with E-state index in [4.69, 9.17) is 4.74 Å². The molecule has 0 fully saturated rings. The van der Waals surface area contributed by atoms with Gasteiger partial charge in [-0.25, -0.2) is 14.6 Å².